The molecule has 2 saturated heterocycles. The van der Waals surface area contributed by atoms with Crippen LogP contribution in [0.25, 0.3) is 0 Å². The minimum Gasteiger partial charge on any atom is -0.489 e. The summed E-state index contributed by atoms with van der Waals surface area (Å²) in [5.74, 6) is 0.458. The Morgan fingerprint density at radius 2 is 2.11 bits per heavy atom. The molecule has 5 rings (SSSR count). The first kappa shape index (κ1) is 26.2. The molecule has 4 aliphatic rings. The van der Waals surface area contributed by atoms with Gasteiger partial charge in [-0.2, -0.15) is 0 Å². The molecule has 4 aliphatic heterocycles. The third-order valence-electron chi connectivity index (χ3n) is 7.97. The number of benzene rings is 1. The lowest BCUT2D eigenvalue weighted by Gasteiger charge is -2.43. The number of amides is 1. The SMILES string of the molecule is CCC1CC(Oc2cc(F)ccc2C(=O)N2CC3=C4N=C(C)C(Cl)=C(C)N4NC3C2)CC(C)N1CCO. The highest BCUT2D eigenvalue weighted by atomic mass is 35.5. The average molecular weight is 532 g/mol. The van der Waals surface area contributed by atoms with E-state index in [4.69, 9.17) is 16.3 Å². The smallest absolute Gasteiger partial charge is 0.257 e. The Morgan fingerprint density at radius 3 is 2.84 bits per heavy atom. The fraction of sp³-hybridized carbons (Fsp3) is 0.556. The quantitative estimate of drug-likeness (QED) is 0.583. The molecule has 0 saturated carbocycles. The van der Waals surface area contributed by atoms with Gasteiger partial charge in [-0.1, -0.05) is 18.5 Å². The molecule has 0 spiro atoms. The second-order valence-corrected chi connectivity index (χ2v) is 10.8. The van der Waals surface area contributed by atoms with E-state index >= 15 is 0 Å². The van der Waals surface area contributed by atoms with Crippen LogP contribution in [0.5, 0.6) is 5.75 Å². The van der Waals surface area contributed by atoms with E-state index in [-0.39, 0.29) is 42.5 Å². The molecule has 0 bridgehead atoms. The highest BCUT2D eigenvalue weighted by Gasteiger charge is 2.43. The summed E-state index contributed by atoms with van der Waals surface area (Å²) in [6.07, 6.45) is 2.30. The topological polar surface area (TPSA) is 80.6 Å². The zero-order chi connectivity index (χ0) is 26.4. The van der Waals surface area contributed by atoms with Gasteiger partial charge in [-0.25, -0.2) is 14.8 Å². The first-order valence-electron chi connectivity index (χ1n) is 13.0. The lowest BCUT2D eigenvalue weighted by atomic mass is 9.92. The van der Waals surface area contributed by atoms with Crippen molar-refractivity contribution in [3.8, 4) is 5.75 Å². The molecule has 1 aromatic rings. The number of hydrogen-bond donors (Lipinski definition) is 2. The molecule has 1 aromatic carbocycles. The Kier molecular flexibility index (Phi) is 7.33. The monoisotopic (exact) mass is 531 g/mol. The van der Waals surface area contributed by atoms with Gasteiger partial charge in [0, 0.05) is 43.4 Å². The van der Waals surface area contributed by atoms with Crippen LogP contribution in [-0.2, 0) is 0 Å². The van der Waals surface area contributed by atoms with Crippen molar-refractivity contribution in [3.63, 3.8) is 0 Å². The molecule has 10 heteroatoms. The molecule has 200 valence electrons. The third kappa shape index (κ3) is 4.78. The summed E-state index contributed by atoms with van der Waals surface area (Å²) >= 11 is 6.38. The maximum absolute atomic E-state index is 14.3. The Balaban J connectivity index is 1.35. The van der Waals surface area contributed by atoms with Gasteiger partial charge in [0.1, 0.15) is 23.5 Å². The number of piperidine rings is 1. The number of aliphatic hydroxyl groups excluding tert-OH is 1. The number of nitrogens with one attached hydrogen (secondary N) is 1. The number of nitrogens with zero attached hydrogens (tertiary/aromatic N) is 4. The third-order valence-corrected chi connectivity index (χ3v) is 8.52. The van der Waals surface area contributed by atoms with Crippen LogP contribution < -0.4 is 10.2 Å². The number of hydrazine groups is 1. The van der Waals surface area contributed by atoms with Gasteiger partial charge in [0.2, 0.25) is 0 Å². The summed E-state index contributed by atoms with van der Waals surface area (Å²) in [6, 6.07) is 4.58. The zero-order valence-corrected chi connectivity index (χ0v) is 22.6. The van der Waals surface area contributed by atoms with E-state index in [1.165, 1.54) is 18.2 Å². The van der Waals surface area contributed by atoms with E-state index in [1.807, 2.05) is 18.9 Å². The molecule has 0 radical (unpaired) electrons. The van der Waals surface area contributed by atoms with Gasteiger partial charge in [-0.3, -0.25) is 14.7 Å². The minimum absolute atomic E-state index is 0.0557. The summed E-state index contributed by atoms with van der Waals surface area (Å²) in [5.41, 5.74) is 6.46. The normalized spacial score (nSPS) is 28.0. The maximum atomic E-state index is 14.3. The van der Waals surface area contributed by atoms with E-state index in [1.54, 1.807) is 4.90 Å². The van der Waals surface area contributed by atoms with Gasteiger partial charge in [0.25, 0.3) is 5.91 Å². The minimum atomic E-state index is -0.434. The summed E-state index contributed by atoms with van der Waals surface area (Å²) in [5, 5.41) is 12.0. The standard InChI is InChI=1S/C27H35ClFN5O3/c1-5-19-12-20(10-15(2)33(19)8-9-35)37-24-11-18(29)6-7-21(24)27(36)32-13-22-23(14-32)31-34-17(4)25(28)16(3)30-26(22)34/h6-7,11,15,19-20,23,31,35H,5,8-10,12-14H2,1-4H3. The van der Waals surface area contributed by atoms with E-state index in [9.17, 15) is 14.3 Å². The van der Waals surface area contributed by atoms with Crippen LogP contribution >= 0.6 is 11.6 Å². The predicted octanol–water partition coefficient (Wildman–Crippen LogP) is 3.63. The van der Waals surface area contributed by atoms with Crippen LogP contribution in [0.15, 0.2) is 45.3 Å². The molecule has 8 nitrogen and oxygen atoms in total. The number of rotatable bonds is 6. The summed E-state index contributed by atoms with van der Waals surface area (Å²) in [4.78, 5) is 22.4. The van der Waals surface area contributed by atoms with E-state index < -0.39 is 5.82 Å². The molecule has 37 heavy (non-hydrogen) atoms. The lowest BCUT2D eigenvalue weighted by Crippen LogP contribution is -2.51. The number of fused-ring (bicyclic) bond motifs is 2. The molecule has 4 atom stereocenters. The van der Waals surface area contributed by atoms with Crippen molar-refractivity contribution in [2.75, 3.05) is 26.2 Å². The zero-order valence-electron chi connectivity index (χ0n) is 21.8. The van der Waals surface area contributed by atoms with Crippen LogP contribution in [0.1, 0.15) is 57.3 Å². The van der Waals surface area contributed by atoms with Gasteiger partial charge < -0.3 is 14.7 Å². The van der Waals surface area contributed by atoms with Crippen molar-refractivity contribution in [1.29, 1.82) is 0 Å². The number of β-amino-alcohol motifs (C(OH)–C–C–N with tert-alkyl or cyclic N) is 1. The highest BCUT2D eigenvalue weighted by molar-refractivity contribution is 6.43. The predicted molar refractivity (Wildman–Crippen MR) is 141 cm³/mol. The number of aliphatic hydroxyl groups is 1. The van der Waals surface area contributed by atoms with Crippen LogP contribution in [0.3, 0.4) is 0 Å². The molecule has 2 N–H and O–H groups in total. The first-order chi connectivity index (χ1) is 17.7. The maximum Gasteiger partial charge on any atom is 0.257 e. The van der Waals surface area contributed by atoms with Gasteiger partial charge in [0.05, 0.1) is 34.7 Å². The fourth-order valence-corrected chi connectivity index (χ4v) is 6.19. The lowest BCUT2D eigenvalue weighted by molar-refractivity contribution is 0.00762. The molecule has 0 aromatic heterocycles. The van der Waals surface area contributed by atoms with Crippen LogP contribution in [-0.4, -0.2) is 82.0 Å². The van der Waals surface area contributed by atoms with Gasteiger partial charge in [0.15, 0.2) is 0 Å². The number of carbonyl (C=O) groups is 1. The van der Waals surface area contributed by atoms with Gasteiger partial charge >= 0.3 is 0 Å². The fourth-order valence-electron chi connectivity index (χ4n) is 6.06. The van der Waals surface area contributed by atoms with Crippen LogP contribution in [0, 0.1) is 5.82 Å². The second kappa shape index (κ2) is 10.4. The summed E-state index contributed by atoms with van der Waals surface area (Å²) < 4.78 is 20.7. The van der Waals surface area contributed by atoms with Crippen LogP contribution in [0.4, 0.5) is 4.39 Å². The Morgan fingerprint density at radius 1 is 1.32 bits per heavy atom. The Labute approximate surface area is 222 Å². The number of hydrogen-bond acceptors (Lipinski definition) is 7. The Bertz CT molecular complexity index is 1180. The van der Waals surface area contributed by atoms with Crippen molar-refractivity contribution in [2.45, 2.75) is 71.2 Å². The number of ether oxygens (including phenoxy) is 1. The number of aliphatic imine (C=N–C) groups is 1. The first-order valence-corrected chi connectivity index (χ1v) is 13.4. The van der Waals surface area contributed by atoms with Crippen molar-refractivity contribution in [2.24, 2.45) is 4.99 Å². The molecule has 0 aliphatic carbocycles. The average Bonchev–Trinajstić information content (AvgIpc) is 3.43. The summed E-state index contributed by atoms with van der Waals surface area (Å²) in [7, 11) is 0. The number of allylic oxidation sites excluding steroid dienone is 2. The second-order valence-electron chi connectivity index (χ2n) is 10.4. The van der Waals surface area contributed by atoms with E-state index in [0.29, 0.717) is 30.2 Å². The largest absolute Gasteiger partial charge is 0.489 e. The van der Waals surface area contributed by atoms with Crippen molar-refractivity contribution in [3.05, 3.63) is 51.7 Å². The molecule has 4 heterocycles. The number of carbonyl (C=O) groups excluding carboxylic acids is 1. The summed E-state index contributed by atoms with van der Waals surface area (Å²) in [6.45, 7) is 9.71. The van der Waals surface area contributed by atoms with Gasteiger partial charge in [-0.05, 0) is 52.2 Å². The van der Waals surface area contributed by atoms with Gasteiger partial charge in [-0.15, -0.1) is 0 Å². The van der Waals surface area contributed by atoms with Crippen LogP contribution in [0.2, 0.25) is 0 Å². The van der Waals surface area contributed by atoms with Crippen molar-refractivity contribution < 1.29 is 19.0 Å². The van der Waals surface area contributed by atoms with E-state index in [0.717, 1.165) is 42.1 Å². The number of halogens is 2. The van der Waals surface area contributed by atoms with Crippen molar-refractivity contribution >= 4 is 23.2 Å². The van der Waals surface area contributed by atoms with Crippen molar-refractivity contribution in [1.82, 2.24) is 20.2 Å². The number of likely N-dealkylation sites (tertiary alicyclic amines) is 2. The van der Waals surface area contributed by atoms with E-state index in [2.05, 4.69) is 29.2 Å². The Hall–Kier alpha value is -2.46. The molecular formula is C27H35ClFN5O3. The molecule has 2 fully saturated rings. The molecule has 1 amide bonds. The highest BCUT2D eigenvalue weighted by Crippen LogP contribution is 2.37. The molecule has 4 unspecified atom stereocenters. The molecular weight excluding hydrogens is 497 g/mol.